The van der Waals surface area contributed by atoms with Crippen LogP contribution >= 0.6 is 0 Å². The van der Waals surface area contributed by atoms with Crippen molar-refractivity contribution in [2.45, 2.75) is 12.8 Å². The van der Waals surface area contributed by atoms with Gasteiger partial charge in [0.05, 0.1) is 5.69 Å². The molecule has 0 bridgehead atoms. The summed E-state index contributed by atoms with van der Waals surface area (Å²) >= 11 is 0. The van der Waals surface area contributed by atoms with E-state index in [0.717, 1.165) is 25.1 Å². The minimum Gasteiger partial charge on any atom is -0.351 e. The number of hydrogen-bond donors (Lipinski definition) is 2. The van der Waals surface area contributed by atoms with Gasteiger partial charge in [0, 0.05) is 6.54 Å². The Balaban J connectivity index is 2.01. The van der Waals surface area contributed by atoms with Crippen LogP contribution in [-0.4, -0.2) is 18.2 Å². The monoisotopic (exact) mass is 203 g/mol. The predicted molar refractivity (Wildman–Crippen MR) is 59.7 cm³/mol. The molecule has 1 fully saturated rings. The van der Waals surface area contributed by atoms with Gasteiger partial charge in [-0.15, -0.1) is 0 Å². The number of nitrogens with one attached hydrogen (secondary N) is 2. The highest BCUT2D eigenvalue weighted by molar-refractivity contribution is 6.39. The molecule has 78 valence electrons. The van der Waals surface area contributed by atoms with Crippen LogP contribution < -0.4 is 10.7 Å². The number of carbonyl (C=O) groups is 1. The van der Waals surface area contributed by atoms with Crippen LogP contribution in [0.3, 0.4) is 0 Å². The smallest absolute Gasteiger partial charge is 0.267 e. The number of amides is 1. The van der Waals surface area contributed by atoms with E-state index >= 15 is 0 Å². The third-order valence-electron chi connectivity index (χ3n) is 2.23. The fourth-order valence-electron chi connectivity index (χ4n) is 1.42. The molecule has 0 atom stereocenters. The Labute approximate surface area is 88.4 Å². The summed E-state index contributed by atoms with van der Waals surface area (Å²) in [6.45, 7) is 0.753. The lowest BCUT2D eigenvalue weighted by Crippen LogP contribution is -2.37. The molecule has 1 saturated heterocycles. The summed E-state index contributed by atoms with van der Waals surface area (Å²) in [5, 5.41) is 6.85. The largest absolute Gasteiger partial charge is 0.351 e. The fourth-order valence-corrected chi connectivity index (χ4v) is 1.42. The summed E-state index contributed by atoms with van der Waals surface area (Å²) in [4.78, 5) is 11.3. The van der Waals surface area contributed by atoms with Crippen molar-refractivity contribution in [1.82, 2.24) is 5.32 Å². The van der Waals surface area contributed by atoms with Crippen molar-refractivity contribution >= 4 is 17.3 Å². The number of hydrazone groups is 1. The number of para-hydroxylation sites is 1. The van der Waals surface area contributed by atoms with Gasteiger partial charge >= 0.3 is 0 Å². The molecule has 4 heteroatoms. The van der Waals surface area contributed by atoms with Gasteiger partial charge in [0.15, 0.2) is 0 Å². The average Bonchev–Trinajstić information content (AvgIpc) is 2.29. The maximum atomic E-state index is 11.3. The molecule has 1 aromatic rings. The summed E-state index contributed by atoms with van der Waals surface area (Å²) < 4.78 is 0. The van der Waals surface area contributed by atoms with E-state index < -0.39 is 0 Å². The molecule has 0 aliphatic carbocycles. The van der Waals surface area contributed by atoms with Gasteiger partial charge in [-0.05, 0) is 25.0 Å². The van der Waals surface area contributed by atoms with Crippen LogP contribution in [-0.2, 0) is 4.79 Å². The Morgan fingerprint density at radius 1 is 1.27 bits per heavy atom. The number of carbonyl (C=O) groups excluding carboxylic acids is 1. The highest BCUT2D eigenvalue weighted by atomic mass is 16.2. The zero-order valence-corrected chi connectivity index (χ0v) is 8.36. The van der Waals surface area contributed by atoms with Crippen LogP contribution in [0.25, 0.3) is 0 Å². The Kier molecular flexibility index (Phi) is 2.97. The van der Waals surface area contributed by atoms with Crippen molar-refractivity contribution in [2.75, 3.05) is 12.0 Å². The lowest BCUT2D eigenvalue weighted by molar-refractivity contribution is -0.115. The van der Waals surface area contributed by atoms with Crippen LogP contribution in [0.5, 0.6) is 0 Å². The maximum absolute atomic E-state index is 11.3. The molecule has 0 unspecified atom stereocenters. The van der Waals surface area contributed by atoms with E-state index in [1.165, 1.54) is 0 Å². The standard InChI is InChI=1S/C11H13N3O/c15-11-10(7-4-8-12-11)14-13-9-5-2-1-3-6-9/h1-3,5-6,13H,4,7-8H2,(H,12,15)/b14-10+. The summed E-state index contributed by atoms with van der Waals surface area (Å²) in [6.07, 6.45) is 1.70. The molecule has 0 spiro atoms. The van der Waals surface area contributed by atoms with Gasteiger partial charge in [-0.25, -0.2) is 0 Å². The molecule has 1 aliphatic rings. The first-order valence-corrected chi connectivity index (χ1v) is 5.02. The first-order valence-electron chi connectivity index (χ1n) is 5.02. The SMILES string of the molecule is O=C1NCCC/C1=N\Nc1ccccc1. The van der Waals surface area contributed by atoms with Crippen LogP contribution in [0.2, 0.25) is 0 Å². The van der Waals surface area contributed by atoms with Gasteiger partial charge in [-0.2, -0.15) is 5.10 Å². The lowest BCUT2D eigenvalue weighted by Gasteiger charge is -2.13. The van der Waals surface area contributed by atoms with E-state index in [-0.39, 0.29) is 5.91 Å². The Morgan fingerprint density at radius 3 is 2.80 bits per heavy atom. The summed E-state index contributed by atoms with van der Waals surface area (Å²) in [5.41, 5.74) is 4.34. The van der Waals surface area contributed by atoms with Crippen molar-refractivity contribution in [2.24, 2.45) is 5.10 Å². The molecule has 15 heavy (non-hydrogen) atoms. The number of anilines is 1. The van der Waals surface area contributed by atoms with Crippen molar-refractivity contribution in [3.05, 3.63) is 30.3 Å². The topological polar surface area (TPSA) is 53.5 Å². The highest BCUT2D eigenvalue weighted by Gasteiger charge is 2.15. The maximum Gasteiger partial charge on any atom is 0.267 e. The zero-order valence-electron chi connectivity index (χ0n) is 8.36. The zero-order chi connectivity index (χ0) is 10.5. The Morgan fingerprint density at radius 2 is 2.07 bits per heavy atom. The van der Waals surface area contributed by atoms with Gasteiger partial charge in [-0.1, -0.05) is 18.2 Å². The van der Waals surface area contributed by atoms with Crippen LogP contribution in [0.15, 0.2) is 35.4 Å². The van der Waals surface area contributed by atoms with Crippen molar-refractivity contribution in [3.63, 3.8) is 0 Å². The third kappa shape index (κ3) is 2.56. The fraction of sp³-hybridized carbons (Fsp3) is 0.273. The van der Waals surface area contributed by atoms with E-state index in [9.17, 15) is 4.79 Å². The first kappa shape index (κ1) is 9.71. The van der Waals surface area contributed by atoms with Crippen LogP contribution in [0.4, 0.5) is 5.69 Å². The molecule has 1 aromatic carbocycles. The van der Waals surface area contributed by atoms with Crippen molar-refractivity contribution in [1.29, 1.82) is 0 Å². The van der Waals surface area contributed by atoms with E-state index in [1.807, 2.05) is 30.3 Å². The van der Waals surface area contributed by atoms with Gasteiger partial charge < -0.3 is 5.32 Å². The molecule has 4 nitrogen and oxygen atoms in total. The third-order valence-corrected chi connectivity index (χ3v) is 2.23. The Hall–Kier alpha value is -1.84. The van der Waals surface area contributed by atoms with Gasteiger partial charge in [0.1, 0.15) is 5.71 Å². The molecule has 1 aliphatic heterocycles. The minimum atomic E-state index is -0.0651. The molecule has 0 aromatic heterocycles. The second-order valence-corrected chi connectivity index (χ2v) is 3.40. The van der Waals surface area contributed by atoms with E-state index in [0.29, 0.717) is 5.71 Å². The van der Waals surface area contributed by atoms with E-state index in [2.05, 4.69) is 15.8 Å². The summed E-state index contributed by atoms with van der Waals surface area (Å²) in [7, 11) is 0. The van der Waals surface area contributed by atoms with Gasteiger partial charge in [0.25, 0.3) is 5.91 Å². The average molecular weight is 203 g/mol. The molecule has 1 heterocycles. The van der Waals surface area contributed by atoms with Gasteiger partial charge in [-0.3, -0.25) is 10.2 Å². The predicted octanol–water partition coefficient (Wildman–Crippen LogP) is 1.36. The second kappa shape index (κ2) is 4.59. The molecular weight excluding hydrogens is 190 g/mol. The van der Waals surface area contributed by atoms with Gasteiger partial charge in [0.2, 0.25) is 0 Å². The quantitative estimate of drug-likeness (QED) is 0.713. The second-order valence-electron chi connectivity index (χ2n) is 3.40. The van der Waals surface area contributed by atoms with Crippen molar-refractivity contribution < 1.29 is 4.79 Å². The normalized spacial score (nSPS) is 18.7. The summed E-state index contributed by atoms with van der Waals surface area (Å²) in [6, 6.07) is 9.59. The number of hydrogen-bond acceptors (Lipinski definition) is 3. The molecular formula is C11H13N3O. The van der Waals surface area contributed by atoms with Crippen LogP contribution in [0.1, 0.15) is 12.8 Å². The molecule has 2 rings (SSSR count). The molecule has 0 saturated carbocycles. The minimum absolute atomic E-state index is 0.0651. The van der Waals surface area contributed by atoms with Crippen LogP contribution in [0, 0.1) is 0 Å². The van der Waals surface area contributed by atoms with E-state index in [4.69, 9.17) is 0 Å². The molecule has 2 N–H and O–H groups in total. The molecule has 1 amide bonds. The number of rotatable bonds is 2. The first-order chi connectivity index (χ1) is 7.36. The van der Waals surface area contributed by atoms with Crippen molar-refractivity contribution in [3.8, 4) is 0 Å². The number of nitrogens with zero attached hydrogens (tertiary/aromatic N) is 1. The summed E-state index contributed by atoms with van der Waals surface area (Å²) in [5.74, 6) is -0.0651. The number of benzene rings is 1. The highest BCUT2D eigenvalue weighted by Crippen LogP contribution is 2.06. The van der Waals surface area contributed by atoms with E-state index in [1.54, 1.807) is 0 Å². The molecule has 0 radical (unpaired) electrons. The Bertz CT molecular complexity index is 373. The lowest BCUT2D eigenvalue weighted by atomic mass is 10.1. The number of piperidine rings is 1.